The van der Waals surface area contributed by atoms with Crippen LogP contribution in [0.25, 0.3) is 0 Å². The van der Waals surface area contributed by atoms with Gasteiger partial charge in [0.05, 0.1) is 30.2 Å². The molecule has 262 valence electrons. The Morgan fingerprint density at radius 3 is 2.49 bits per heavy atom. The van der Waals surface area contributed by atoms with Gasteiger partial charge in [-0.15, -0.1) is 6.58 Å². The van der Waals surface area contributed by atoms with Gasteiger partial charge >= 0.3 is 6.09 Å². The molecule has 5 unspecified atom stereocenters. The predicted octanol–water partition coefficient (Wildman–Crippen LogP) is 2.59. The summed E-state index contributed by atoms with van der Waals surface area (Å²) < 4.78 is 60.9. The molecule has 2 saturated carbocycles. The average molecular weight is 701 g/mol. The maximum Gasteiger partial charge on any atom is 0.410 e. The summed E-state index contributed by atoms with van der Waals surface area (Å²) in [7, 11) is -3.92. The Balaban J connectivity index is 1.22. The normalized spacial score (nSPS) is 25.0. The number of carbonyl (C=O) groups excluding carboxylic acids is 4. The van der Waals surface area contributed by atoms with Crippen molar-refractivity contribution in [1.29, 1.82) is 0 Å². The van der Waals surface area contributed by atoms with Gasteiger partial charge in [0.15, 0.2) is 0 Å². The van der Waals surface area contributed by atoms with Crippen molar-refractivity contribution < 1.29 is 41.1 Å². The Morgan fingerprint density at radius 2 is 1.88 bits per heavy atom. The van der Waals surface area contributed by atoms with Crippen LogP contribution in [0, 0.1) is 23.6 Å². The van der Waals surface area contributed by atoms with Gasteiger partial charge in [-0.2, -0.15) is 4.39 Å². The van der Waals surface area contributed by atoms with Crippen molar-refractivity contribution in [2.45, 2.75) is 81.6 Å². The first kappa shape index (κ1) is 34.3. The van der Waals surface area contributed by atoms with Crippen LogP contribution in [0.4, 0.5) is 19.3 Å². The third-order valence-corrected chi connectivity index (χ3v) is 11.4. The number of benzene rings is 1. The molecular formula is C33H38F2N6O7S. The predicted molar refractivity (Wildman–Crippen MR) is 172 cm³/mol. The van der Waals surface area contributed by atoms with Crippen LogP contribution >= 0.6 is 0 Å². The smallest absolute Gasteiger partial charge is 0.410 e. The number of halogens is 2. The second-order valence-electron chi connectivity index (χ2n) is 13.4. The number of nitrogens with one attached hydrogen (secondary N) is 3. The Labute approximate surface area is 282 Å². The summed E-state index contributed by atoms with van der Waals surface area (Å²) in [5.74, 6) is -4.19. The maximum atomic E-state index is 14.3. The first-order valence-corrected chi connectivity index (χ1v) is 17.7. The number of likely N-dealkylation sites (tertiary alicyclic amines) is 1. The van der Waals surface area contributed by atoms with Crippen LogP contribution in [0.2, 0.25) is 0 Å². The molecule has 3 heterocycles. The lowest BCUT2D eigenvalue weighted by atomic mass is 10.0. The number of nitrogens with zero attached hydrogens (tertiary/aromatic N) is 3. The summed E-state index contributed by atoms with van der Waals surface area (Å²) in [5, 5.41) is 5.08. The highest BCUT2D eigenvalue weighted by atomic mass is 32.2. The topological polar surface area (TPSA) is 167 Å². The van der Waals surface area contributed by atoms with Crippen molar-refractivity contribution >= 4 is 39.5 Å². The molecule has 0 radical (unpaired) electrons. The van der Waals surface area contributed by atoms with E-state index in [9.17, 15) is 36.4 Å². The summed E-state index contributed by atoms with van der Waals surface area (Å²) in [6, 6.07) is 4.99. The minimum atomic E-state index is -3.92. The Morgan fingerprint density at radius 1 is 1.12 bits per heavy atom. The minimum absolute atomic E-state index is 0.00446. The van der Waals surface area contributed by atoms with E-state index in [1.165, 1.54) is 34.2 Å². The quantitative estimate of drug-likeness (QED) is 0.236. The van der Waals surface area contributed by atoms with Gasteiger partial charge in [0.25, 0.3) is 5.91 Å². The lowest BCUT2D eigenvalue weighted by Crippen LogP contribution is -2.58. The molecule has 1 aromatic heterocycles. The second kappa shape index (κ2) is 13.0. The fourth-order valence-electron chi connectivity index (χ4n) is 6.45. The van der Waals surface area contributed by atoms with E-state index in [4.69, 9.17) is 4.74 Å². The number of hydrogen-bond donors (Lipinski definition) is 3. The molecule has 0 bridgehead atoms. The Hall–Kier alpha value is -4.60. The highest BCUT2D eigenvalue weighted by molar-refractivity contribution is 7.91. The zero-order valence-corrected chi connectivity index (χ0v) is 27.8. The number of pyridine rings is 1. The van der Waals surface area contributed by atoms with Gasteiger partial charge in [-0.1, -0.05) is 32.1 Å². The van der Waals surface area contributed by atoms with Crippen molar-refractivity contribution in [2.24, 2.45) is 11.8 Å². The number of amides is 4. The molecule has 4 amide bonds. The van der Waals surface area contributed by atoms with Crippen LogP contribution in [0.3, 0.4) is 0 Å². The molecule has 3 fully saturated rings. The SMILES string of the molecule is C=CC1CC1(NC(=O)C1CC(OC(=O)N2Cc3cccc(F)c3C2)CN1C(=O)C(Nc1ccc(F)nc1)C(C)C)C(=O)NS(=O)(=O)C1CC1. The van der Waals surface area contributed by atoms with Crippen molar-refractivity contribution in [1.82, 2.24) is 24.8 Å². The van der Waals surface area contributed by atoms with Crippen LogP contribution in [0.5, 0.6) is 0 Å². The zero-order valence-electron chi connectivity index (χ0n) is 27.0. The van der Waals surface area contributed by atoms with Gasteiger partial charge in [0.1, 0.15) is 29.5 Å². The molecule has 1 saturated heterocycles. The number of hydrogen-bond acceptors (Lipinski definition) is 9. The monoisotopic (exact) mass is 700 g/mol. The number of fused-ring (bicyclic) bond motifs is 1. The second-order valence-corrected chi connectivity index (χ2v) is 15.4. The van der Waals surface area contributed by atoms with Crippen LogP contribution in [-0.4, -0.2) is 82.5 Å². The Bertz CT molecular complexity index is 1790. The van der Waals surface area contributed by atoms with Gasteiger partial charge in [-0.3, -0.25) is 24.0 Å². The summed E-state index contributed by atoms with van der Waals surface area (Å²) in [6.07, 6.45) is 1.83. The largest absolute Gasteiger partial charge is 0.444 e. The molecule has 3 N–H and O–H groups in total. The van der Waals surface area contributed by atoms with Crippen LogP contribution in [0.15, 0.2) is 49.2 Å². The molecule has 49 heavy (non-hydrogen) atoms. The minimum Gasteiger partial charge on any atom is -0.444 e. The first-order valence-electron chi connectivity index (χ1n) is 16.1. The van der Waals surface area contributed by atoms with Gasteiger partial charge in [0.2, 0.25) is 27.8 Å². The Kier molecular flexibility index (Phi) is 9.11. The molecule has 2 aliphatic heterocycles. The zero-order chi connectivity index (χ0) is 35.2. The molecule has 1 aromatic carbocycles. The third-order valence-electron chi connectivity index (χ3n) is 9.53. The number of ether oxygens (including phenoxy) is 1. The third kappa shape index (κ3) is 6.96. The number of carbonyl (C=O) groups is 4. The number of anilines is 1. The molecule has 6 rings (SSSR count). The van der Waals surface area contributed by atoms with Crippen molar-refractivity contribution in [3.8, 4) is 0 Å². The lowest BCUT2D eigenvalue weighted by molar-refractivity contribution is -0.140. The van der Waals surface area contributed by atoms with E-state index < -0.39 is 80.5 Å². The summed E-state index contributed by atoms with van der Waals surface area (Å²) in [4.78, 5) is 61.0. The highest BCUT2D eigenvalue weighted by Gasteiger charge is 2.62. The van der Waals surface area contributed by atoms with Gasteiger partial charge in [-0.25, -0.2) is 22.6 Å². The molecule has 4 aliphatic rings. The first-order chi connectivity index (χ1) is 23.2. The van der Waals surface area contributed by atoms with Gasteiger partial charge < -0.3 is 20.3 Å². The maximum absolute atomic E-state index is 14.3. The number of aromatic nitrogens is 1. The van der Waals surface area contributed by atoms with E-state index in [0.29, 0.717) is 29.7 Å². The van der Waals surface area contributed by atoms with Crippen molar-refractivity contribution in [3.05, 3.63) is 72.1 Å². The van der Waals surface area contributed by atoms with Gasteiger partial charge in [-0.05, 0) is 48.9 Å². The molecule has 2 aromatic rings. The number of sulfonamides is 1. The van der Waals surface area contributed by atoms with Crippen LogP contribution in [0.1, 0.15) is 50.7 Å². The van der Waals surface area contributed by atoms with E-state index >= 15 is 0 Å². The lowest BCUT2D eigenvalue weighted by Gasteiger charge is -2.31. The summed E-state index contributed by atoms with van der Waals surface area (Å²) in [6.45, 7) is 7.21. The standard InChI is InChI=1S/C33H38F2N6O7S/c1-4-20-13-33(20,31(44)39-49(46,47)23-9-10-23)38-29(42)26-12-22(48-32(45)40-15-19-6-5-7-25(34)24(19)17-40)16-41(26)30(43)28(18(2)3)37-21-8-11-27(35)36-14-21/h4-8,11,14,18,20,22-23,26,28,37H,1,9-10,12-13,15-17H2,2-3H3,(H,38,42)(H,39,44). The van der Waals surface area contributed by atoms with Crippen LogP contribution < -0.4 is 15.4 Å². The molecule has 16 heteroatoms. The van der Waals surface area contributed by atoms with Crippen LogP contribution in [-0.2, 0) is 42.2 Å². The fourth-order valence-corrected chi connectivity index (χ4v) is 7.82. The molecular weight excluding hydrogens is 662 g/mol. The van der Waals surface area contributed by atoms with Crippen molar-refractivity contribution in [2.75, 3.05) is 11.9 Å². The van der Waals surface area contributed by atoms with E-state index in [0.717, 1.165) is 6.07 Å². The molecule has 0 spiro atoms. The molecule has 5 atom stereocenters. The van der Waals surface area contributed by atoms with Gasteiger partial charge in [0, 0.05) is 24.4 Å². The fraction of sp³-hybridized carbons (Fsp3) is 0.485. The average Bonchev–Trinajstić information content (AvgIpc) is 3.94. The van der Waals surface area contributed by atoms with E-state index in [1.54, 1.807) is 26.0 Å². The van der Waals surface area contributed by atoms with E-state index in [1.807, 2.05) is 0 Å². The summed E-state index contributed by atoms with van der Waals surface area (Å²) in [5.41, 5.74) is -0.205. The van der Waals surface area contributed by atoms with E-state index in [2.05, 4.69) is 26.9 Å². The van der Waals surface area contributed by atoms with E-state index in [-0.39, 0.29) is 38.4 Å². The molecule has 13 nitrogen and oxygen atoms in total. The summed E-state index contributed by atoms with van der Waals surface area (Å²) >= 11 is 0. The highest BCUT2D eigenvalue weighted by Crippen LogP contribution is 2.45. The van der Waals surface area contributed by atoms with Crippen molar-refractivity contribution in [3.63, 3.8) is 0 Å². The molecule has 2 aliphatic carbocycles. The number of rotatable bonds is 11.